The summed E-state index contributed by atoms with van der Waals surface area (Å²) < 4.78 is 1.80. The first-order chi connectivity index (χ1) is 6.81. The third kappa shape index (κ3) is 1.59. The summed E-state index contributed by atoms with van der Waals surface area (Å²) in [4.78, 5) is 8.26. The third-order valence-corrected chi connectivity index (χ3v) is 2.02. The maximum Gasteiger partial charge on any atom is 0.233 e. The van der Waals surface area contributed by atoms with Crippen LogP contribution in [0.25, 0.3) is 5.78 Å². The van der Waals surface area contributed by atoms with Crippen LogP contribution in [0, 0.1) is 0 Å². The molecule has 1 atom stereocenters. The summed E-state index contributed by atoms with van der Waals surface area (Å²) in [5.74, 6) is 0.609. The Morgan fingerprint density at radius 3 is 3.21 bits per heavy atom. The number of aliphatic hydroxyl groups excluding tert-OH is 1. The highest BCUT2D eigenvalue weighted by Crippen LogP contribution is 2.09. The van der Waals surface area contributed by atoms with Crippen molar-refractivity contribution in [3.05, 3.63) is 30.4 Å². The molecular formula is C9H12N4O. The molecule has 0 fully saturated rings. The van der Waals surface area contributed by atoms with E-state index in [2.05, 4.69) is 15.3 Å². The van der Waals surface area contributed by atoms with Crippen LogP contribution in [0.1, 0.15) is 11.8 Å². The first kappa shape index (κ1) is 9.11. The van der Waals surface area contributed by atoms with Crippen molar-refractivity contribution in [2.24, 2.45) is 0 Å². The van der Waals surface area contributed by atoms with E-state index in [1.807, 2.05) is 12.4 Å². The Hall–Kier alpha value is -1.46. The standard InChI is InChI=1S/C9H12N4O/c1-10-6-8(14)7-2-4-13-5-3-11-9(13)12-7/h2-5,8,10,14H,6H2,1H3. The van der Waals surface area contributed by atoms with Gasteiger partial charge in [0.2, 0.25) is 5.78 Å². The molecule has 0 aromatic carbocycles. The Balaban J connectivity index is 2.33. The van der Waals surface area contributed by atoms with Gasteiger partial charge in [-0.25, -0.2) is 9.97 Å². The quantitative estimate of drug-likeness (QED) is 0.717. The van der Waals surface area contributed by atoms with Crippen molar-refractivity contribution < 1.29 is 5.11 Å². The van der Waals surface area contributed by atoms with E-state index in [0.717, 1.165) is 0 Å². The predicted octanol–water partition coefficient (Wildman–Crippen LogP) is -0.0179. The summed E-state index contributed by atoms with van der Waals surface area (Å²) in [6.45, 7) is 0.490. The zero-order valence-electron chi connectivity index (χ0n) is 7.88. The lowest BCUT2D eigenvalue weighted by Crippen LogP contribution is -2.17. The van der Waals surface area contributed by atoms with E-state index < -0.39 is 6.10 Å². The van der Waals surface area contributed by atoms with Crippen LogP contribution in [-0.2, 0) is 0 Å². The molecule has 5 heteroatoms. The summed E-state index contributed by atoms with van der Waals surface area (Å²) in [6, 6.07) is 1.79. The van der Waals surface area contributed by atoms with Crippen molar-refractivity contribution >= 4 is 5.78 Å². The molecule has 0 saturated heterocycles. The molecular weight excluding hydrogens is 180 g/mol. The maximum absolute atomic E-state index is 9.66. The van der Waals surface area contributed by atoms with Crippen molar-refractivity contribution in [1.29, 1.82) is 0 Å². The molecule has 1 unspecified atom stereocenters. The first-order valence-electron chi connectivity index (χ1n) is 4.43. The number of hydrogen-bond donors (Lipinski definition) is 2. The Morgan fingerprint density at radius 1 is 1.57 bits per heavy atom. The lowest BCUT2D eigenvalue weighted by atomic mass is 10.2. The van der Waals surface area contributed by atoms with Crippen LogP contribution in [0.2, 0.25) is 0 Å². The Kier molecular flexibility index (Phi) is 2.43. The van der Waals surface area contributed by atoms with Crippen LogP contribution in [0.3, 0.4) is 0 Å². The molecule has 0 spiro atoms. The van der Waals surface area contributed by atoms with Crippen LogP contribution >= 0.6 is 0 Å². The fourth-order valence-electron chi connectivity index (χ4n) is 1.30. The van der Waals surface area contributed by atoms with Gasteiger partial charge in [-0.15, -0.1) is 0 Å². The molecule has 14 heavy (non-hydrogen) atoms. The highest BCUT2D eigenvalue weighted by Gasteiger charge is 2.08. The van der Waals surface area contributed by atoms with E-state index >= 15 is 0 Å². The van der Waals surface area contributed by atoms with Gasteiger partial charge < -0.3 is 10.4 Å². The van der Waals surface area contributed by atoms with Gasteiger partial charge in [0, 0.05) is 25.1 Å². The van der Waals surface area contributed by atoms with Gasteiger partial charge in [-0.3, -0.25) is 4.40 Å². The Bertz CT molecular complexity index is 425. The number of hydrogen-bond acceptors (Lipinski definition) is 4. The fourth-order valence-corrected chi connectivity index (χ4v) is 1.30. The summed E-state index contributed by atoms with van der Waals surface area (Å²) in [5.41, 5.74) is 0.637. The van der Waals surface area contributed by atoms with Gasteiger partial charge in [0.1, 0.15) is 6.10 Å². The van der Waals surface area contributed by atoms with Crippen LogP contribution in [0.4, 0.5) is 0 Å². The van der Waals surface area contributed by atoms with Crippen LogP contribution in [-0.4, -0.2) is 33.1 Å². The zero-order chi connectivity index (χ0) is 9.97. The molecule has 0 aliphatic heterocycles. The summed E-state index contributed by atoms with van der Waals surface area (Å²) in [5, 5.41) is 12.5. The average molecular weight is 192 g/mol. The Morgan fingerprint density at radius 2 is 2.43 bits per heavy atom. The largest absolute Gasteiger partial charge is 0.385 e. The molecule has 0 aliphatic carbocycles. The van der Waals surface area contributed by atoms with Crippen LogP contribution < -0.4 is 5.32 Å². The number of fused-ring (bicyclic) bond motifs is 1. The minimum atomic E-state index is -0.582. The lowest BCUT2D eigenvalue weighted by Gasteiger charge is -2.08. The number of nitrogens with one attached hydrogen (secondary N) is 1. The molecule has 0 bridgehead atoms. The molecule has 2 aromatic heterocycles. The molecule has 2 N–H and O–H groups in total. The van der Waals surface area contributed by atoms with Gasteiger partial charge in [0.15, 0.2) is 0 Å². The van der Waals surface area contributed by atoms with E-state index in [-0.39, 0.29) is 0 Å². The number of imidazole rings is 1. The van der Waals surface area contributed by atoms with Crippen molar-refractivity contribution in [2.75, 3.05) is 13.6 Å². The summed E-state index contributed by atoms with van der Waals surface area (Å²) >= 11 is 0. The van der Waals surface area contributed by atoms with E-state index in [9.17, 15) is 5.11 Å². The second-order valence-corrected chi connectivity index (χ2v) is 3.06. The van der Waals surface area contributed by atoms with E-state index in [1.54, 1.807) is 23.7 Å². The third-order valence-electron chi connectivity index (χ3n) is 2.02. The molecule has 0 amide bonds. The van der Waals surface area contributed by atoms with Crippen LogP contribution in [0.15, 0.2) is 24.7 Å². The number of aromatic nitrogens is 3. The maximum atomic E-state index is 9.66. The van der Waals surface area contributed by atoms with Crippen molar-refractivity contribution in [3.8, 4) is 0 Å². The van der Waals surface area contributed by atoms with Crippen LogP contribution in [0.5, 0.6) is 0 Å². The molecule has 5 nitrogen and oxygen atoms in total. The molecule has 2 aromatic rings. The van der Waals surface area contributed by atoms with E-state index in [0.29, 0.717) is 18.0 Å². The lowest BCUT2D eigenvalue weighted by molar-refractivity contribution is 0.173. The minimum absolute atomic E-state index is 0.490. The fraction of sp³-hybridized carbons (Fsp3) is 0.333. The number of likely N-dealkylation sites (N-methyl/N-ethyl adjacent to an activating group) is 1. The van der Waals surface area contributed by atoms with Gasteiger partial charge in [-0.2, -0.15) is 0 Å². The van der Waals surface area contributed by atoms with Crippen molar-refractivity contribution in [1.82, 2.24) is 19.7 Å². The predicted molar refractivity (Wildman–Crippen MR) is 51.9 cm³/mol. The van der Waals surface area contributed by atoms with E-state index in [1.165, 1.54) is 0 Å². The van der Waals surface area contributed by atoms with Gasteiger partial charge in [-0.05, 0) is 13.1 Å². The molecule has 2 heterocycles. The second-order valence-electron chi connectivity index (χ2n) is 3.06. The molecule has 0 saturated carbocycles. The number of aliphatic hydroxyl groups is 1. The van der Waals surface area contributed by atoms with Gasteiger partial charge in [0.25, 0.3) is 0 Å². The monoisotopic (exact) mass is 192 g/mol. The molecule has 74 valence electrons. The van der Waals surface area contributed by atoms with Gasteiger partial charge in [-0.1, -0.05) is 0 Å². The SMILES string of the molecule is CNCC(O)c1ccn2ccnc2n1. The van der Waals surface area contributed by atoms with Crippen molar-refractivity contribution in [3.63, 3.8) is 0 Å². The molecule has 0 aliphatic rings. The van der Waals surface area contributed by atoms with Crippen molar-refractivity contribution in [2.45, 2.75) is 6.10 Å². The van der Waals surface area contributed by atoms with E-state index in [4.69, 9.17) is 0 Å². The normalized spacial score (nSPS) is 13.3. The minimum Gasteiger partial charge on any atom is -0.385 e. The summed E-state index contributed by atoms with van der Waals surface area (Å²) in [6.07, 6.45) is 4.75. The highest BCUT2D eigenvalue weighted by molar-refractivity contribution is 5.29. The van der Waals surface area contributed by atoms with Gasteiger partial charge >= 0.3 is 0 Å². The number of rotatable bonds is 3. The smallest absolute Gasteiger partial charge is 0.233 e. The average Bonchev–Trinajstić information content (AvgIpc) is 2.64. The second kappa shape index (κ2) is 3.73. The van der Waals surface area contributed by atoms with Gasteiger partial charge in [0.05, 0.1) is 5.69 Å². The highest BCUT2D eigenvalue weighted by atomic mass is 16.3. The topological polar surface area (TPSA) is 62.5 Å². The Labute approximate surface area is 81.4 Å². The molecule has 2 rings (SSSR count). The first-order valence-corrected chi connectivity index (χ1v) is 4.43. The summed E-state index contributed by atoms with van der Waals surface area (Å²) in [7, 11) is 1.79. The number of nitrogens with zero attached hydrogens (tertiary/aromatic N) is 3. The molecule has 0 radical (unpaired) electrons. The zero-order valence-corrected chi connectivity index (χ0v) is 7.88.